The van der Waals surface area contributed by atoms with Gasteiger partial charge in [-0.05, 0) is 17.7 Å². The van der Waals surface area contributed by atoms with Crippen molar-refractivity contribution in [1.29, 1.82) is 0 Å². The van der Waals surface area contributed by atoms with Gasteiger partial charge < -0.3 is 10.1 Å². The van der Waals surface area contributed by atoms with Gasteiger partial charge in [0.15, 0.2) is 0 Å². The highest BCUT2D eigenvalue weighted by Crippen LogP contribution is 2.24. The average molecular weight is 285 g/mol. The number of piperazine rings is 1. The molecular weight excluding hydrogens is 268 g/mol. The molecule has 1 fully saturated rings. The predicted octanol–water partition coefficient (Wildman–Crippen LogP) is 1.86. The molecule has 1 heterocycles. The molecule has 1 aliphatic rings. The van der Waals surface area contributed by atoms with E-state index in [-0.39, 0.29) is 0 Å². The Morgan fingerprint density at radius 1 is 1.38 bits per heavy atom. The van der Waals surface area contributed by atoms with Gasteiger partial charge >= 0.3 is 0 Å². The second-order valence-corrected chi connectivity index (χ2v) is 4.84. The second kappa shape index (κ2) is 5.66. The highest BCUT2D eigenvalue weighted by Gasteiger charge is 2.11. The summed E-state index contributed by atoms with van der Waals surface area (Å²) in [7, 11) is 1.69. The number of benzene rings is 1. The van der Waals surface area contributed by atoms with Gasteiger partial charge in [0, 0.05) is 37.2 Å². The molecule has 0 bridgehead atoms. The first kappa shape index (κ1) is 11.9. The maximum Gasteiger partial charge on any atom is 0.120 e. The minimum atomic E-state index is 0.899. The summed E-state index contributed by atoms with van der Waals surface area (Å²) < 4.78 is 6.32. The van der Waals surface area contributed by atoms with Crippen LogP contribution in [0.4, 0.5) is 0 Å². The fourth-order valence-electron chi connectivity index (χ4n) is 1.89. The standard InChI is InChI=1S/C12H17BrN2O/c1-16-11-3-2-10(12(13)8-11)9-15-6-4-14-5-7-15/h2-3,8,14H,4-7,9H2,1H3. The minimum absolute atomic E-state index is 0.899. The van der Waals surface area contributed by atoms with E-state index in [1.165, 1.54) is 5.56 Å². The molecule has 1 aliphatic heterocycles. The van der Waals surface area contributed by atoms with Crippen molar-refractivity contribution < 1.29 is 4.74 Å². The van der Waals surface area contributed by atoms with Crippen LogP contribution in [0.25, 0.3) is 0 Å². The van der Waals surface area contributed by atoms with Gasteiger partial charge in [0.1, 0.15) is 5.75 Å². The van der Waals surface area contributed by atoms with Crippen molar-refractivity contribution in [2.24, 2.45) is 0 Å². The first-order valence-electron chi connectivity index (χ1n) is 5.55. The van der Waals surface area contributed by atoms with Crippen LogP contribution in [0.5, 0.6) is 5.75 Å². The normalized spacial score (nSPS) is 17.4. The third kappa shape index (κ3) is 2.97. The van der Waals surface area contributed by atoms with Gasteiger partial charge in [-0.2, -0.15) is 0 Å². The second-order valence-electron chi connectivity index (χ2n) is 3.98. The van der Waals surface area contributed by atoms with E-state index in [9.17, 15) is 0 Å². The maximum atomic E-state index is 5.19. The van der Waals surface area contributed by atoms with Crippen LogP contribution in [0.2, 0.25) is 0 Å². The van der Waals surface area contributed by atoms with Crippen molar-refractivity contribution in [3.8, 4) is 5.75 Å². The number of methoxy groups -OCH3 is 1. The summed E-state index contributed by atoms with van der Waals surface area (Å²) >= 11 is 3.59. The lowest BCUT2D eigenvalue weighted by molar-refractivity contribution is 0.233. The van der Waals surface area contributed by atoms with Crippen LogP contribution in [0.1, 0.15) is 5.56 Å². The molecular formula is C12H17BrN2O. The number of rotatable bonds is 3. The third-order valence-corrected chi connectivity index (χ3v) is 3.60. The highest BCUT2D eigenvalue weighted by atomic mass is 79.9. The largest absolute Gasteiger partial charge is 0.497 e. The Morgan fingerprint density at radius 3 is 2.75 bits per heavy atom. The van der Waals surface area contributed by atoms with Crippen molar-refractivity contribution in [2.45, 2.75) is 6.54 Å². The molecule has 0 saturated carbocycles. The predicted molar refractivity (Wildman–Crippen MR) is 68.8 cm³/mol. The lowest BCUT2D eigenvalue weighted by Crippen LogP contribution is -2.42. The third-order valence-electron chi connectivity index (χ3n) is 2.86. The lowest BCUT2D eigenvalue weighted by atomic mass is 10.2. The van der Waals surface area contributed by atoms with E-state index in [0.717, 1.165) is 42.9 Å². The molecule has 4 heteroatoms. The fourth-order valence-corrected chi connectivity index (χ4v) is 2.38. The van der Waals surface area contributed by atoms with Gasteiger partial charge in [0.2, 0.25) is 0 Å². The molecule has 0 aliphatic carbocycles. The number of hydrogen-bond acceptors (Lipinski definition) is 3. The molecule has 0 atom stereocenters. The summed E-state index contributed by atoms with van der Waals surface area (Å²) in [4.78, 5) is 2.46. The van der Waals surface area contributed by atoms with Crippen molar-refractivity contribution in [2.75, 3.05) is 33.3 Å². The maximum absolute atomic E-state index is 5.19. The Bertz CT molecular complexity index is 351. The molecule has 1 N–H and O–H groups in total. The zero-order valence-electron chi connectivity index (χ0n) is 9.50. The monoisotopic (exact) mass is 284 g/mol. The Hall–Kier alpha value is -0.580. The van der Waals surface area contributed by atoms with E-state index in [2.05, 4.69) is 32.2 Å². The summed E-state index contributed by atoms with van der Waals surface area (Å²) in [6, 6.07) is 6.17. The first-order valence-corrected chi connectivity index (χ1v) is 6.34. The van der Waals surface area contributed by atoms with Crippen LogP contribution >= 0.6 is 15.9 Å². The van der Waals surface area contributed by atoms with E-state index in [4.69, 9.17) is 4.74 Å². The number of ether oxygens (including phenoxy) is 1. The molecule has 2 rings (SSSR count). The topological polar surface area (TPSA) is 24.5 Å². The van der Waals surface area contributed by atoms with E-state index in [0.29, 0.717) is 0 Å². The molecule has 0 spiro atoms. The van der Waals surface area contributed by atoms with E-state index in [1.54, 1.807) is 7.11 Å². The zero-order valence-corrected chi connectivity index (χ0v) is 11.1. The van der Waals surface area contributed by atoms with Gasteiger partial charge in [0.25, 0.3) is 0 Å². The van der Waals surface area contributed by atoms with E-state index >= 15 is 0 Å². The smallest absolute Gasteiger partial charge is 0.120 e. The minimum Gasteiger partial charge on any atom is -0.497 e. The quantitative estimate of drug-likeness (QED) is 0.917. The molecule has 1 aromatic carbocycles. The molecule has 0 aromatic heterocycles. The number of hydrogen-bond donors (Lipinski definition) is 1. The summed E-state index contributed by atoms with van der Waals surface area (Å²) in [5.74, 6) is 0.899. The van der Waals surface area contributed by atoms with Crippen molar-refractivity contribution in [1.82, 2.24) is 10.2 Å². The molecule has 0 unspecified atom stereocenters. The Labute approximate surface area is 105 Å². The molecule has 3 nitrogen and oxygen atoms in total. The van der Waals surface area contributed by atoms with Crippen LogP contribution in [0.15, 0.2) is 22.7 Å². The Balaban J connectivity index is 2.03. The van der Waals surface area contributed by atoms with Crippen LogP contribution in [-0.2, 0) is 6.54 Å². The van der Waals surface area contributed by atoms with Gasteiger partial charge in [-0.25, -0.2) is 0 Å². The first-order chi connectivity index (χ1) is 7.79. The molecule has 1 saturated heterocycles. The van der Waals surface area contributed by atoms with Crippen molar-refractivity contribution in [3.63, 3.8) is 0 Å². The van der Waals surface area contributed by atoms with Crippen molar-refractivity contribution >= 4 is 15.9 Å². The van der Waals surface area contributed by atoms with Gasteiger partial charge in [-0.3, -0.25) is 4.90 Å². The van der Waals surface area contributed by atoms with Gasteiger partial charge in [-0.15, -0.1) is 0 Å². The average Bonchev–Trinajstić information content (AvgIpc) is 2.33. The molecule has 0 radical (unpaired) electrons. The van der Waals surface area contributed by atoms with E-state index < -0.39 is 0 Å². The summed E-state index contributed by atoms with van der Waals surface area (Å²) in [5, 5.41) is 3.36. The van der Waals surface area contributed by atoms with Crippen LogP contribution < -0.4 is 10.1 Å². The van der Waals surface area contributed by atoms with E-state index in [1.807, 2.05) is 12.1 Å². The fraction of sp³-hybridized carbons (Fsp3) is 0.500. The van der Waals surface area contributed by atoms with Crippen LogP contribution in [0.3, 0.4) is 0 Å². The Morgan fingerprint density at radius 2 is 2.12 bits per heavy atom. The SMILES string of the molecule is COc1ccc(CN2CCNCC2)c(Br)c1. The highest BCUT2D eigenvalue weighted by molar-refractivity contribution is 9.10. The summed E-state index contributed by atoms with van der Waals surface area (Å²) in [6.07, 6.45) is 0. The Kier molecular flexibility index (Phi) is 4.21. The van der Waals surface area contributed by atoms with Crippen LogP contribution in [-0.4, -0.2) is 38.2 Å². The van der Waals surface area contributed by atoms with Crippen molar-refractivity contribution in [3.05, 3.63) is 28.2 Å². The summed E-state index contributed by atoms with van der Waals surface area (Å²) in [5.41, 5.74) is 1.32. The van der Waals surface area contributed by atoms with Gasteiger partial charge in [0.05, 0.1) is 7.11 Å². The van der Waals surface area contributed by atoms with Gasteiger partial charge in [-0.1, -0.05) is 22.0 Å². The molecule has 16 heavy (non-hydrogen) atoms. The zero-order chi connectivity index (χ0) is 11.4. The molecule has 88 valence electrons. The van der Waals surface area contributed by atoms with Crippen LogP contribution in [0, 0.1) is 0 Å². The number of nitrogens with zero attached hydrogens (tertiary/aromatic N) is 1. The number of nitrogens with one attached hydrogen (secondary N) is 1. The lowest BCUT2D eigenvalue weighted by Gasteiger charge is -2.27. The summed E-state index contributed by atoms with van der Waals surface area (Å²) in [6.45, 7) is 5.44. The molecule has 0 amide bonds. The molecule has 1 aromatic rings. The number of halogens is 1.